The zero-order valence-electron chi connectivity index (χ0n) is 16.8. The summed E-state index contributed by atoms with van der Waals surface area (Å²) >= 11 is 10.9. The standard InChI is InChI=1S/C24H16BrClN2O3S/c1-14-12-16(25)4-11-21(14)28-23(30)20(22(29)27-24(28)31)13-15-2-7-18(8-3-15)32-19-9-5-17(26)6-10-19/h2-13H,1H3,(H,27,29,31)/b20-13+. The highest BCUT2D eigenvalue weighted by Gasteiger charge is 2.37. The number of carbonyl (C=O) groups is 3. The number of nitrogens with zero attached hydrogens (tertiary/aromatic N) is 1. The van der Waals surface area contributed by atoms with Gasteiger partial charge in [0, 0.05) is 19.3 Å². The molecule has 32 heavy (non-hydrogen) atoms. The Morgan fingerprint density at radius 1 is 0.938 bits per heavy atom. The summed E-state index contributed by atoms with van der Waals surface area (Å²) in [6.45, 7) is 1.79. The Labute approximate surface area is 202 Å². The molecule has 3 aromatic carbocycles. The Hall–Kier alpha value is -2.87. The van der Waals surface area contributed by atoms with Crippen molar-refractivity contribution < 1.29 is 14.4 Å². The molecule has 0 saturated carbocycles. The molecule has 8 heteroatoms. The summed E-state index contributed by atoms with van der Waals surface area (Å²) in [7, 11) is 0. The second-order valence-corrected chi connectivity index (χ2v) is 9.51. The number of urea groups is 1. The molecule has 1 aliphatic rings. The lowest BCUT2D eigenvalue weighted by Crippen LogP contribution is -2.54. The van der Waals surface area contributed by atoms with Gasteiger partial charge in [-0.2, -0.15) is 0 Å². The van der Waals surface area contributed by atoms with Crippen LogP contribution in [0.25, 0.3) is 6.08 Å². The third kappa shape index (κ3) is 4.80. The first kappa shape index (κ1) is 22.3. The van der Waals surface area contributed by atoms with Crippen LogP contribution in [0.5, 0.6) is 0 Å². The second kappa shape index (κ2) is 9.32. The van der Waals surface area contributed by atoms with Crippen LogP contribution in [0.3, 0.4) is 0 Å². The Morgan fingerprint density at radius 3 is 2.19 bits per heavy atom. The van der Waals surface area contributed by atoms with Gasteiger partial charge in [0.1, 0.15) is 5.57 Å². The predicted molar refractivity (Wildman–Crippen MR) is 130 cm³/mol. The van der Waals surface area contributed by atoms with E-state index in [-0.39, 0.29) is 5.57 Å². The van der Waals surface area contributed by atoms with E-state index in [4.69, 9.17) is 11.6 Å². The van der Waals surface area contributed by atoms with Gasteiger partial charge in [-0.3, -0.25) is 14.9 Å². The van der Waals surface area contributed by atoms with E-state index in [1.54, 1.807) is 36.9 Å². The Kier molecular flexibility index (Phi) is 6.50. The molecule has 0 radical (unpaired) electrons. The molecule has 0 bridgehead atoms. The molecule has 4 rings (SSSR count). The van der Waals surface area contributed by atoms with Crippen LogP contribution in [0.1, 0.15) is 11.1 Å². The molecule has 5 nitrogen and oxygen atoms in total. The van der Waals surface area contributed by atoms with E-state index in [2.05, 4.69) is 21.2 Å². The van der Waals surface area contributed by atoms with Crippen molar-refractivity contribution in [2.75, 3.05) is 4.90 Å². The highest BCUT2D eigenvalue weighted by Crippen LogP contribution is 2.30. The Bertz CT molecular complexity index is 1260. The quantitative estimate of drug-likeness (QED) is 0.323. The molecule has 0 atom stereocenters. The van der Waals surface area contributed by atoms with Gasteiger partial charge in [0.25, 0.3) is 11.8 Å². The maximum absolute atomic E-state index is 13.1. The molecule has 0 aromatic heterocycles. The number of rotatable bonds is 4. The van der Waals surface area contributed by atoms with Crippen molar-refractivity contribution in [2.24, 2.45) is 0 Å². The van der Waals surface area contributed by atoms with Crippen molar-refractivity contribution in [3.05, 3.63) is 92.9 Å². The molecule has 1 heterocycles. The lowest BCUT2D eigenvalue weighted by Gasteiger charge is -2.27. The molecular formula is C24H16BrClN2O3S. The Balaban J connectivity index is 1.59. The highest BCUT2D eigenvalue weighted by molar-refractivity contribution is 9.10. The average molecular weight is 528 g/mol. The maximum Gasteiger partial charge on any atom is 0.335 e. The van der Waals surface area contributed by atoms with Crippen LogP contribution in [0.2, 0.25) is 5.02 Å². The van der Waals surface area contributed by atoms with Crippen molar-refractivity contribution in [1.29, 1.82) is 0 Å². The van der Waals surface area contributed by atoms with E-state index in [1.165, 1.54) is 6.08 Å². The van der Waals surface area contributed by atoms with Gasteiger partial charge in [-0.25, -0.2) is 9.69 Å². The maximum atomic E-state index is 13.1. The van der Waals surface area contributed by atoms with Crippen molar-refractivity contribution in [2.45, 2.75) is 16.7 Å². The zero-order chi connectivity index (χ0) is 22.8. The molecule has 1 saturated heterocycles. The number of barbiturate groups is 1. The molecule has 0 spiro atoms. The van der Waals surface area contributed by atoms with Crippen molar-refractivity contribution in [3.8, 4) is 0 Å². The highest BCUT2D eigenvalue weighted by atomic mass is 79.9. The van der Waals surface area contributed by atoms with Crippen LogP contribution in [-0.2, 0) is 9.59 Å². The van der Waals surface area contributed by atoms with Gasteiger partial charge in [-0.15, -0.1) is 0 Å². The normalized spacial score (nSPS) is 15.3. The molecule has 0 unspecified atom stereocenters. The van der Waals surface area contributed by atoms with E-state index in [0.29, 0.717) is 16.3 Å². The van der Waals surface area contributed by atoms with Gasteiger partial charge in [0.2, 0.25) is 0 Å². The minimum atomic E-state index is -0.766. The topological polar surface area (TPSA) is 66.5 Å². The van der Waals surface area contributed by atoms with E-state index in [0.717, 1.165) is 24.7 Å². The lowest BCUT2D eigenvalue weighted by molar-refractivity contribution is -0.122. The summed E-state index contributed by atoms with van der Waals surface area (Å²) in [4.78, 5) is 40.9. The third-order valence-electron chi connectivity index (χ3n) is 4.74. The molecule has 0 aliphatic carbocycles. The van der Waals surface area contributed by atoms with Crippen LogP contribution < -0.4 is 10.2 Å². The molecular weight excluding hydrogens is 512 g/mol. The number of carbonyl (C=O) groups excluding carboxylic acids is 3. The number of anilines is 1. The minimum absolute atomic E-state index is 0.106. The summed E-state index contributed by atoms with van der Waals surface area (Å²) < 4.78 is 0.826. The van der Waals surface area contributed by atoms with Crippen molar-refractivity contribution in [3.63, 3.8) is 0 Å². The fraction of sp³-hybridized carbons (Fsp3) is 0.0417. The van der Waals surface area contributed by atoms with Crippen LogP contribution in [0.15, 0.2) is 86.6 Å². The smallest absolute Gasteiger partial charge is 0.273 e. The van der Waals surface area contributed by atoms with E-state index in [1.807, 2.05) is 48.5 Å². The predicted octanol–water partition coefficient (Wildman–Crippen LogP) is 6.23. The lowest BCUT2D eigenvalue weighted by atomic mass is 10.1. The van der Waals surface area contributed by atoms with E-state index < -0.39 is 17.8 Å². The first-order valence-electron chi connectivity index (χ1n) is 9.53. The van der Waals surface area contributed by atoms with Crippen molar-refractivity contribution in [1.82, 2.24) is 5.32 Å². The number of amides is 4. The number of nitrogens with one attached hydrogen (secondary N) is 1. The molecule has 3 aromatic rings. The van der Waals surface area contributed by atoms with Gasteiger partial charge in [0.05, 0.1) is 5.69 Å². The number of halogens is 2. The number of hydrogen-bond donors (Lipinski definition) is 1. The molecule has 4 amide bonds. The number of hydrogen-bond acceptors (Lipinski definition) is 4. The van der Waals surface area contributed by atoms with Crippen LogP contribution in [0.4, 0.5) is 10.5 Å². The number of imide groups is 2. The summed E-state index contributed by atoms with van der Waals surface area (Å²) in [5.41, 5.74) is 1.71. The summed E-state index contributed by atoms with van der Waals surface area (Å²) in [6, 6.07) is 19.4. The van der Waals surface area contributed by atoms with Gasteiger partial charge >= 0.3 is 6.03 Å². The van der Waals surface area contributed by atoms with Gasteiger partial charge in [-0.1, -0.05) is 51.4 Å². The summed E-state index contributed by atoms with van der Waals surface area (Å²) in [6.07, 6.45) is 1.49. The minimum Gasteiger partial charge on any atom is -0.273 e. The number of benzene rings is 3. The molecule has 1 aliphatic heterocycles. The third-order valence-corrected chi connectivity index (χ3v) is 6.50. The Morgan fingerprint density at radius 2 is 1.56 bits per heavy atom. The monoisotopic (exact) mass is 526 g/mol. The average Bonchev–Trinajstić information content (AvgIpc) is 2.75. The fourth-order valence-electron chi connectivity index (χ4n) is 3.18. The van der Waals surface area contributed by atoms with E-state index in [9.17, 15) is 14.4 Å². The van der Waals surface area contributed by atoms with Gasteiger partial charge < -0.3 is 0 Å². The molecule has 160 valence electrons. The largest absolute Gasteiger partial charge is 0.335 e. The summed E-state index contributed by atoms with van der Waals surface area (Å²) in [5.74, 6) is -1.38. The first-order valence-corrected chi connectivity index (χ1v) is 11.5. The van der Waals surface area contributed by atoms with E-state index >= 15 is 0 Å². The summed E-state index contributed by atoms with van der Waals surface area (Å²) in [5, 5.41) is 2.93. The van der Waals surface area contributed by atoms with Crippen LogP contribution in [0, 0.1) is 6.92 Å². The van der Waals surface area contributed by atoms with Crippen LogP contribution >= 0.6 is 39.3 Å². The molecule has 1 N–H and O–H groups in total. The number of aryl methyl sites for hydroxylation is 1. The van der Waals surface area contributed by atoms with Crippen molar-refractivity contribution >= 4 is 68.9 Å². The van der Waals surface area contributed by atoms with Crippen LogP contribution in [-0.4, -0.2) is 17.8 Å². The zero-order valence-corrected chi connectivity index (χ0v) is 19.9. The second-order valence-electron chi connectivity index (χ2n) is 7.01. The molecule has 1 fully saturated rings. The first-order chi connectivity index (χ1) is 15.3. The SMILES string of the molecule is Cc1cc(Br)ccc1N1C(=O)NC(=O)/C(=C\c2ccc(Sc3ccc(Cl)cc3)cc2)C1=O. The van der Waals surface area contributed by atoms with Gasteiger partial charge in [0.15, 0.2) is 0 Å². The fourth-order valence-corrected chi connectivity index (χ4v) is 4.60. The van der Waals surface area contributed by atoms with Gasteiger partial charge in [-0.05, 0) is 78.7 Å².